The number of carbonyl (C=O) groups excluding carboxylic acids is 2. The second-order valence-corrected chi connectivity index (χ2v) is 7.20. The van der Waals surface area contributed by atoms with Crippen molar-refractivity contribution in [2.24, 2.45) is 0 Å². The molecule has 32 heavy (non-hydrogen) atoms. The summed E-state index contributed by atoms with van der Waals surface area (Å²) in [5, 5.41) is 2.90. The van der Waals surface area contributed by atoms with Crippen molar-refractivity contribution in [2.75, 3.05) is 10.2 Å². The van der Waals surface area contributed by atoms with Crippen LogP contribution < -0.4 is 15.0 Å². The van der Waals surface area contributed by atoms with E-state index in [1.807, 2.05) is 30.3 Å². The Hall–Kier alpha value is -4.52. The van der Waals surface area contributed by atoms with Gasteiger partial charge < -0.3 is 10.1 Å². The number of aromatic nitrogens is 2. The summed E-state index contributed by atoms with van der Waals surface area (Å²) in [5.74, 6) is 0.206. The third-order valence-corrected chi connectivity index (χ3v) is 5.02. The third kappa shape index (κ3) is 3.79. The summed E-state index contributed by atoms with van der Waals surface area (Å²) in [7, 11) is 0. The molecule has 1 N–H and O–H groups in total. The summed E-state index contributed by atoms with van der Waals surface area (Å²) in [6, 6.07) is 21.6. The van der Waals surface area contributed by atoms with Crippen LogP contribution in [0.15, 0.2) is 91.4 Å². The molecule has 1 aliphatic rings. The number of fused-ring (bicyclic) bond motifs is 2. The summed E-state index contributed by atoms with van der Waals surface area (Å²) >= 11 is 0. The maximum atomic E-state index is 13.4. The second-order valence-electron chi connectivity index (χ2n) is 7.20. The number of nitrogens with one attached hydrogen (secondary N) is 1. The summed E-state index contributed by atoms with van der Waals surface area (Å²) < 4.78 is 6.02. The number of anilines is 3. The molecule has 0 unspecified atom stereocenters. The zero-order chi connectivity index (χ0) is 21.9. The monoisotopic (exact) mass is 422 g/mol. The molecule has 156 valence electrons. The maximum Gasteiger partial charge on any atom is 0.268 e. The number of rotatable bonds is 4. The Morgan fingerprint density at radius 3 is 2.56 bits per heavy atom. The van der Waals surface area contributed by atoms with E-state index in [-0.39, 0.29) is 24.1 Å². The third-order valence-electron chi connectivity index (χ3n) is 5.02. The molecule has 0 bridgehead atoms. The van der Waals surface area contributed by atoms with E-state index in [4.69, 9.17) is 4.74 Å². The molecule has 7 heteroatoms. The number of benzene rings is 2. The molecule has 3 heterocycles. The van der Waals surface area contributed by atoms with Crippen LogP contribution in [-0.4, -0.2) is 21.8 Å². The van der Waals surface area contributed by atoms with Crippen LogP contribution in [0, 0.1) is 0 Å². The van der Waals surface area contributed by atoms with Crippen molar-refractivity contribution in [3.8, 4) is 11.6 Å². The van der Waals surface area contributed by atoms with Gasteiger partial charge in [-0.05, 0) is 42.0 Å². The van der Waals surface area contributed by atoms with E-state index in [0.29, 0.717) is 28.4 Å². The Kier molecular flexibility index (Phi) is 5.05. The van der Waals surface area contributed by atoms with E-state index in [0.717, 1.165) is 5.56 Å². The molecule has 7 nitrogen and oxygen atoms in total. The van der Waals surface area contributed by atoms with Crippen molar-refractivity contribution in [1.82, 2.24) is 9.97 Å². The van der Waals surface area contributed by atoms with Crippen LogP contribution in [0.4, 0.5) is 17.1 Å². The lowest BCUT2D eigenvalue weighted by molar-refractivity contribution is -0.115. The molecule has 0 aliphatic carbocycles. The molecule has 0 saturated carbocycles. The quantitative estimate of drug-likeness (QED) is 0.513. The Morgan fingerprint density at radius 1 is 0.938 bits per heavy atom. The zero-order valence-corrected chi connectivity index (χ0v) is 16.9. The molecule has 0 atom stereocenters. The van der Waals surface area contributed by atoms with Crippen molar-refractivity contribution in [3.05, 3.63) is 103 Å². The Balaban J connectivity index is 1.51. The van der Waals surface area contributed by atoms with E-state index in [1.165, 1.54) is 0 Å². The first-order chi connectivity index (χ1) is 15.7. The molecular formula is C25H18N4O3. The topological polar surface area (TPSA) is 84.4 Å². The normalized spacial score (nSPS) is 12.2. The van der Waals surface area contributed by atoms with Crippen LogP contribution in [0.3, 0.4) is 0 Å². The van der Waals surface area contributed by atoms with Crippen LogP contribution in [0.25, 0.3) is 0 Å². The summed E-state index contributed by atoms with van der Waals surface area (Å²) in [6.07, 6.45) is 5.07. The van der Waals surface area contributed by atoms with Crippen LogP contribution in [0.1, 0.15) is 15.9 Å². The fourth-order valence-corrected chi connectivity index (χ4v) is 3.56. The molecule has 0 saturated heterocycles. The average molecular weight is 422 g/mol. The predicted octanol–water partition coefficient (Wildman–Crippen LogP) is 4.74. The van der Waals surface area contributed by atoms with Crippen molar-refractivity contribution in [1.29, 1.82) is 0 Å². The highest BCUT2D eigenvalue weighted by molar-refractivity contribution is 6.13. The van der Waals surface area contributed by atoms with Gasteiger partial charge in [-0.1, -0.05) is 30.3 Å². The van der Waals surface area contributed by atoms with Crippen LogP contribution in [0.2, 0.25) is 0 Å². The average Bonchev–Trinajstić information content (AvgIpc) is 2.94. The van der Waals surface area contributed by atoms with Gasteiger partial charge >= 0.3 is 0 Å². The minimum atomic E-state index is -0.265. The van der Waals surface area contributed by atoms with Crippen LogP contribution in [-0.2, 0) is 11.2 Å². The fraction of sp³-hybridized carbons (Fsp3) is 0.0400. The summed E-state index contributed by atoms with van der Waals surface area (Å²) in [5.41, 5.74) is 3.01. The zero-order valence-electron chi connectivity index (χ0n) is 16.9. The molecule has 5 rings (SSSR count). The predicted molar refractivity (Wildman–Crippen MR) is 120 cm³/mol. The van der Waals surface area contributed by atoms with E-state index in [2.05, 4.69) is 15.3 Å². The molecule has 4 aromatic rings. The van der Waals surface area contributed by atoms with Gasteiger partial charge in [0.2, 0.25) is 11.8 Å². The lowest BCUT2D eigenvalue weighted by atomic mass is 10.1. The molecule has 2 aromatic heterocycles. The lowest BCUT2D eigenvalue weighted by Gasteiger charge is -2.22. The SMILES string of the molecule is O=C(Cc1ccccc1)Nc1ccc2c(c1)Oc1ncccc1C(=O)N2c1ccncc1. The number of amides is 2. The number of hydrogen-bond donors (Lipinski definition) is 1. The van der Waals surface area contributed by atoms with Gasteiger partial charge in [0, 0.05) is 30.3 Å². The number of nitrogens with zero attached hydrogens (tertiary/aromatic N) is 3. The van der Waals surface area contributed by atoms with E-state index < -0.39 is 0 Å². The molecule has 2 aromatic carbocycles. The molecule has 1 aliphatic heterocycles. The molecule has 2 amide bonds. The fourth-order valence-electron chi connectivity index (χ4n) is 3.56. The first-order valence-electron chi connectivity index (χ1n) is 10.0. The number of carbonyl (C=O) groups is 2. The standard InChI is InChI=1S/C25H18N4O3/c30-23(15-17-5-2-1-3-6-17)28-18-8-9-21-22(16-18)32-24-20(7-4-12-27-24)25(31)29(21)19-10-13-26-14-11-19/h1-14,16H,15H2,(H,28,30). The minimum Gasteiger partial charge on any atom is -0.436 e. The lowest BCUT2D eigenvalue weighted by Crippen LogP contribution is -2.25. The van der Waals surface area contributed by atoms with Gasteiger partial charge in [0.05, 0.1) is 17.8 Å². The molecule has 0 radical (unpaired) electrons. The Bertz CT molecular complexity index is 1290. The Morgan fingerprint density at radius 2 is 1.75 bits per heavy atom. The van der Waals surface area contributed by atoms with Gasteiger partial charge in [0.15, 0.2) is 5.75 Å². The summed E-state index contributed by atoms with van der Waals surface area (Å²) in [4.78, 5) is 35.7. The molecule has 0 fully saturated rings. The number of ether oxygens (including phenoxy) is 1. The van der Waals surface area contributed by atoms with Gasteiger partial charge in [0.25, 0.3) is 5.91 Å². The van der Waals surface area contributed by atoms with Gasteiger partial charge in [-0.15, -0.1) is 0 Å². The van der Waals surface area contributed by atoms with Crippen molar-refractivity contribution < 1.29 is 14.3 Å². The highest BCUT2D eigenvalue weighted by Gasteiger charge is 2.30. The van der Waals surface area contributed by atoms with Gasteiger partial charge in [-0.3, -0.25) is 19.5 Å². The van der Waals surface area contributed by atoms with Gasteiger partial charge in [-0.25, -0.2) is 4.98 Å². The highest BCUT2D eigenvalue weighted by atomic mass is 16.5. The molecular weight excluding hydrogens is 404 g/mol. The van der Waals surface area contributed by atoms with Crippen molar-refractivity contribution in [2.45, 2.75) is 6.42 Å². The summed E-state index contributed by atoms with van der Waals surface area (Å²) in [6.45, 7) is 0. The first kappa shape index (κ1) is 19.4. The van der Waals surface area contributed by atoms with Gasteiger partial charge in [0.1, 0.15) is 5.56 Å². The molecule has 0 spiro atoms. The minimum absolute atomic E-state index is 0.148. The van der Waals surface area contributed by atoms with Crippen LogP contribution in [0.5, 0.6) is 11.6 Å². The van der Waals surface area contributed by atoms with Crippen LogP contribution >= 0.6 is 0 Å². The van der Waals surface area contributed by atoms with E-state index in [1.54, 1.807) is 66.0 Å². The first-order valence-corrected chi connectivity index (χ1v) is 10.0. The van der Waals surface area contributed by atoms with E-state index in [9.17, 15) is 9.59 Å². The largest absolute Gasteiger partial charge is 0.436 e. The van der Waals surface area contributed by atoms with E-state index >= 15 is 0 Å². The smallest absolute Gasteiger partial charge is 0.268 e. The number of hydrogen-bond acceptors (Lipinski definition) is 5. The van der Waals surface area contributed by atoms with Crippen molar-refractivity contribution in [3.63, 3.8) is 0 Å². The van der Waals surface area contributed by atoms with Gasteiger partial charge in [-0.2, -0.15) is 0 Å². The van der Waals surface area contributed by atoms with Crippen molar-refractivity contribution >= 4 is 28.9 Å². The Labute approximate surface area is 184 Å². The maximum absolute atomic E-state index is 13.4. The highest BCUT2D eigenvalue weighted by Crippen LogP contribution is 2.42. The number of pyridine rings is 2. The second kappa shape index (κ2) is 8.31.